The van der Waals surface area contributed by atoms with Crippen LogP contribution >= 0.6 is 15.9 Å². The van der Waals surface area contributed by atoms with E-state index in [1.165, 1.54) is 0 Å². The van der Waals surface area contributed by atoms with Crippen molar-refractivity contribution in [3.05, 3.63) is 15.9 Å². The molecule has 0 atom stereocenters. The molecule has 1 aliphatic heterocycles. The number of aliphatic hydroxyl groups is 1. The fourth-order valence-electron chi connectivity index (χ4n) is 2.54. The molecule has 4 nitrogen and oxygen atoms in total. The van der Waals surface area contributed by atoms with Crippen LogP contribution in [0.1, 0.15) is 31.2 Å². The van der Waals surface area contributed by atoms with Gasteiger partial charge in [0, 0.05) is 26.6 Å². The molecule has 0 radical (unpaired) electrons. The fraction of sp³-hybridized carbons (Fsp3) is 0.769. The van der Waals surface area contributed by atoms with E-state index in [1.807, 2.05) is 11.7 Å². The summed E-state index contributed by atoms with van der Waals surface area (Å²) in [5.74, 6) is 0. The molecule has 1 fully saturated rings. The fourth-order valence-corrected chi connectivity index (χ4v) is 3.29. The molecule has 2 rings (SSSR count). The lowest BCUT2D eigenvalue weighted by molar-refractivity contribution is -0.0164. The Kier molecular flexibility index (Phi) is 4.14. The second-order valence-electron chi connectivity index (χ2n) is 5.39. The average molecular weight is 316 g/mol. The quantitative estimate of drug-likeness (QED) is 0.924. The van der Waals surface area contributed by atoms with Gasteiger partial charge < -0.3 is 10.0 Å². The standard InChI is InChI=1S/C13H22BrN3O/c1-4-10-12(14)11(17(3)15-10)9-13(18)5-7-16(2)8-6-13/h18H,4-9H2,1-3H3. The molecule has 18 heavy (non-hydrogen) atoms. The van der Waals surface area contributed by atoms with Gasteiger partial charge in [-0.3, -0.25) is 4.68 Å². The summed E-state index contributed by atoms with van der Waals surface area (Å²) in [4.78, 5) is 2.27. The summed E-state index contributed by atoms with van der Waals surface area (Å²) in [5.41, 5.74) is 1.61. The van der Waals surface area contributed by atoms with Gasteiger partial charge in [0.2, 0.25) is 0 Å². The molecule has 0 aromatic carbocycles. The minimum atomic E-state index is -0.576. The number of nitrogens with zero attached hydrogens (tertiary/aromatic N) is 3. The lowest BCUT2D eigenvalue weighted by Gasteiger charge is -2.36. The molecule has 0 aliphatic carbocycles. The molecule has 0 amide bonds. The van der Waals surface area contributed by atoms with Crippen LogP contribution in [-0.4, -0.2) is 45.5 Å². The van der Waals surface area contributed by atoms with Crippen LogP contribution in [-0.2, 0) is 19.9 Å². The molecular weight excluding hydrogens is 294 g/mol. The number of hydrogen-bond acceptors (Lipinski definition) is 3. The Balaban J connectivity index is 2.16. The molecule has 5 heteroatoms. The second-order valence-corrected chi connectivity index (χ2v) is 6.18. The van der Waals surface area contributed by atoms with E-state index in [4.69, 9.17) is 0 Å². The number of hydrogen-bond donors (Lipinski definition) is 1. The highest BCUT2D eigenvalue weighted by Gasteiger charge is 2.33. The molecule has 1 N–H and O–H groups in total. The smallest absolute Gasteiger partial charge is 0.0766 e. The van der Waals surface area contributed by atoms with Crippen LogP contribution in [0.2, 0.25) is 0 Å². The average Bonchev–Trinajstić information content (AvgIpc) is 2.61. The van der Waals surface area contributed by atoms with E-state index in [0.717, 1.165) is 48.2 Å². The first-order chi connectivity index (χ1) is 8.45. The minimum Gasteiger partial charge on any atom is -0.389 e. The number of piperidine rings is 1. The van der Waals surface area contributed by atoms with Gasteiger partial charge in [-0.05, 0) is 42.2 Å². The maximum absolute atomic E-state index is 10.7. The Morgan fingerprint density at radius 3 is 2.44 bits per heavy atom. The van der Waals surface area contributed by atoms with E-state index in [-0.39, 0.29) is 0 Å². The largest absolute Gasteiger partial charge is 0.389 e. The minimum absolute atomic E-state index is 0.576. The number of aryl methyl sites for hydroxylation is 2. The van der Waals surface area contributed by atoms with Crippen LogP contribution < -0.4 is 0 Å². The Hall–Kier alpha value is -0.390. The molecule has 2 heterocycles. The van der Waals surface area contributed by atoms with Crippen molar-refractivity contribution in [3.8, 4) is 0 Å². The molecular formula is C13H22BrN3O. The van der Waals surface area contributed by atoms with Crippen LogP contribution in [0.4, 0.5) is 0 Å². The van der Waals surface area contributed by atoms with Crippen molar-refractivity contribution in [2.24, 2.45) is 7.05 Å². The van der Waals surface area contributed by atoms with Gasteiger partial charge >= 0.3 is 0 Å². The zero-order chi connectivity index (χ0) is 13.3. The van der Waals surface area contributed by atoms with Crippen molar-refractivity contribution in [2.45, 2.75) is 38.2 Å². The van der Waals surface area contributed by atoms with E-state index in [1.54, 1.807) is 0 Å². The number of rotatable bonds is 3. The lowest BCUT2D eigenvalue weighted by atomic mass is 9.87. The normalized spacial score (nSPS) is 20.3. The predicted molar refractivity (Wildman–Crippen MR) is 75.7 cm³/mol. The van der Waals surface area contributed by atoms with Gasteiger partial charge in [0.15, 0.2) is 0 Å². The highest BCUT2D eigenvalue weighted by Crippen LogP contribution is 2.30. The molecule has 0 unspecified atom stereocenters. The van der Waals surface area contributed by atoms with E-state index >= 15 is 0 Å². The van der Waals surface area contributed by atoms with Crippen molar-refractivity contribution in [1.29, 1.82) is 0 Å². The summed E-state index contributed by atoms with van der Waals surface area (Å²) in [6.07, 6.45) is 3.27. The molecule has 102 valence electrons. The van der Waals surface area contributed by atoms with E-state index in [0.29, 0.717) is 6.42 Å². The zero-order valence-corrected chi connectivity index (χ0v) is 13.0. The first kappa shape index (κ1) is 14.0. The Morgan fingerprint density at radius 2 is 1.94 bits per heavy atom. The Bertz CT molecular complexity index is 422. The summed E-state index contributed by atoms with van der Waals surface area (Å²) < 4.78 is 2.97. The maximum atomic E-state index is 10.7. The van der Waals surface area contributed by atoms with Crippen LogP contribution in [0.25, 0.3) is 0 Å². The highest BCUT2D eigenvalue weighted by atomic mass is 79.9. The molecule has 0 spiro atoms. The summed E-state index contributed by atoms with van der Waals surface area (Å²) in [6, 6.07) is 0. The molecule has 1 aromatic heterocycles. The van der Waals surface area contributed by atoms with Crippen LogP contribution in [0.5, 0.6) is 0 Å². The molecule has 0 saturated carbocycles. The van der Waals surface area contributed by atoms with Crippen molar-refractivity contribution in [3.63, 3.8) is 0 Å². The monoisotopic (exact) mass is 315 g/mol. The van der Waals surface area contributed by atoms with E-state index < -0.39 is 5.60 Å². The van der Waals surface area contributed by atoms with Crippen molar-refractivity contribution >= 4 is 15.9 Å². The van der Waals surface area contributed by atoms with Gasteiger partial charge in [-0.15, -0.1) is 0 Å². The number of halogens is 1. The van der Waals surface area contributed by atoms with Crippen molar-refractivity contribution < 1.29 is 5.11 Å². The topological polar surface area (TPSA) is 41.3 Å². The van der Waals surface area contributed by atoms with Crippen LogP contribution in [0.15, 0.2) is 4.47 Å². The summed E-state index contributed by atoms with van der Waals surface area (Å²) in [5, 5.41) is 15.2. The van der Waals surface area contributed by atoms with Gasteiger partial charge in [0.1, 0.15) is 0 Å². The maximum Gasteiger partial charge on any atom is 0.0766 e. The van der Waals surface area contributed by atoms with Gasteiger partial charge in [-0.2, -0.15) is 5.10 Å². The predicted octanol–water partition coefficient (Wildman–Crippen LogP) is 1.74. The third-order valence-electron chi connectivity index (χ3n) is 3.92. The van der Waals surface area contributed by atoms with Gasteiger partial charge in [0.25, 0.3) is 0 Å². The molecule has 1 saturated heterocycles. The first-order valence-electron chi connectivity index (χ1n) is 6.56. The third-order valence-corrected chi connectivity index (χ3v) is 4.83. The number of aromatic nitrogens is 2. The molecule has 1 aromatic rings. The lowest BCUT2D eigenvalue weighted by Crippen LogP contribution is -2.44. The van der Waals surface area contributed by atoms with E-state index in [9.17, 15) is 5.11 Å². The van der Waals surface area contributed by atoms with Gasteiger partial charge in [-0.25, -0.2) is 0 Å². The number of likely N-dealkylation sites (tertiary alicyclic amines) is 1. The zero-order valence-electron chi connectivity index (χ0n) is 11.4. The third kappa shape index (κ3) is 2.78. The van der Waals surface area contributed by atoms with Gasteiger partial charge in [0.05, 0.1) is 21.5 Å². The van der Waals surface area contributed by atoms with E-state index in [2.05, 4.69) is 39.9 Å². The van der Waals surface area contributed by atoms with Crippen LogP contribution in [0.3, 0.4) is 0 Å². The second kappa shape index (κ2) is 5.31. The molecule has 1 aliphatic rings. The van der Waals surface area contributed by atoms with Crippen molar-refractivity contribution in [2.75, 3.05) is 20.1 Å². The van der Waals surface area contributed by atoms with Gasteiger partial charge in [-0.1, -0.05) is 6.92 Å². The van der Waals surface area contributed by atoms with Crippen molar-refractivity contribution in [1.82, 2.24) is 14.7 Å². The summed E-state index contributed by atoms with van der Waals surface area (Å²) >= 11 is 3.62. The molecule has 0 bridgehead atoms. The van der Waals surface area contributed by atoms with Crippen LogP contribution in [0, 0.1) is 0 Å². The Morgan fingerprint density at radius 1 is 1.33 bits per heavy atom. The Labute approximate surface area is 117 Å². The first-order valence-corrected chi connectivity index (χ1v) is 7.35. The summed E-state index contributed by atoms with van der Waals surface area (Å²) in [7, 11) is 4.06. The summed E-state index contributed by atoms with van der Waals surface area (Å²) in [6.45, 7) is 4.03. The SMILES string of the molecule is CCc1nn(C)c(CC2(O)CCN(C)CC2)c1Br. The highest BCUT2D eigenvalue weighted by molar-refractivity contribution is 9.10.